The Kier molecular flexibility index (Phi) is 21.2. The molecule has 0 saturated heterocycles. The van der Waals surface area contributed by atoms with Gasteiger partial charge >= 0.3 is 0 Å². The zero-order valence-corrected chi connectivity index (χ0v) is 30.1. The lowest BCUT2D eigenvalue weighted by Gasteiger charge is -2.09. The van der Waals surface area contributed by atoms with E-state index in [1.807, 2.05) is 21.6 Å². The van der Waals surface area contributed by atoms with Crippen molar-refractivity contribution in [3.05, 3.63) is 52.6 Å². The third kappa shape index (κ3) is 15.8. The van der Waals surface area contributed by atoms with Gasteiger partial charge in [-0.3, -0.25) is 9.59 Å². The molecule has 0 aliphatic carbocycles. The molecule has 2 N–H and O–H groups in total. The predicted molar refractivity (Wildman–Crippen MR) is 188 cm³/mol. The maximum Gasteiger partial charge on any atom is 0.296 e. The topological polar surface area (TPSA) is 119 Å². The fraction of sp³-hybridized carbons (Fsp3) is 0.484. The third-order valence-electron chi connectivity index (χ3n) is 5.93. The summed E-state index contributed by atoms with van der Waals surface area (Å²) in [5.41, 5.74) is -1.75. The molecule has 47 heavy (non-hydrogen) atoms. The van der Waals surface area contributed by atoms with E-state index in [1.165, 1.54) is 23.3 Å². The highest BCUT2D eigenvalue weighted by Crippen LogP contribution is 2.30. The number of rotatable bonds is 19. The van der Waals surface area contributed by atoms with Crippen molar-refractivity contribution < 1.29 is 41.8 Å². The maximum atomic E-state index is 13.9. The fourth-order valence-corrected chi connectivity index (χ4v) is 8.05. The Balaban J connectivity index is 0.000000474. The lowest BCUT2D eigenvalue weighted by atomic mass is 10.1. The molecule has 0 heterocycles. The van der Waals surface area contributed by atoms with E-state index < -0.39 is 40.4 Å². The zero-order valence-electron chi connectivity index (χ0n) is 26.9. The fourth-order valence-electron chi connectivity index (χ4n) is 3.40. The van der Waals surface area contributed by atoms with Crippen molar-refractivity contribution in [3.63, 3.8) is 0 Å². The first kappa shape index (κ1) is 42.3. The second-order valence-electron chi connectivity index (χ2n) is 10.6. The summed E-state index contributed by atoms with van der Waals surface area (Å²) in [6.45, 7) is 14.9. The minimum Gasteiger partial charge on any atom is -0.507 e. The quantitative estimate of drug-likeness (QED) is 0.0216. The Morgan fingerprint density at radius 3 is 1.87 bits per heavy atom. The van der Waals surface area contributed by atoms with Crippen LogP contribution in [0, 0.1) is 35.1 Å². The lowest BCUT2D eigenvalue weighted by Crippen LogP contribution is -2.28. The van der Waals surface area contributed by atoms with E-state index in [-0.39, 0.29) is 18.1 Å². The summed E-state index contributed by atoms with van der Waals surface area (Å²) < 4.78 is 55.1. The minimum atomic E-state index is -1.82. The molecule has 1 amide bonds. The van der Waals surface area contributed by atoms with E-state index in [1.54, 1.807) is 22.9 Å². The molecule has 0 aromatic heterocycles. The summed E-state index contributed by atoms with van der Waals surface area (Å²) in [7, 11) is 6.78. The maximum absolute atomic E-state index is 13.9. The number of nitrogens with zero attached hydrogens (tertiary/aromatic N) is 4. The van der Waals surface area contributed by atoms with Crippen molar-refractivity contribution in [1.29, 1.82) is 0 Å². The number of Topliss-reactive ketones (excluding diaryl/α,β-unsaturated/α-hetero) is 1. The van der Waals surface area contributed by atoms with E-state index >= 15 is 0 Å². The Bertz CT molecular complexity index is 1410. The first-order valence-electron chi connectivity index (χ1n) is 14.7. The SMILES string of the molecule is C=[N+]=Nc1c(F)c(F)c(C(=O)NCCSSCCC(C)C)c(F)c1F.C=[N+]=Nc1ccc(C(=O)CCCSSCCC(C)C)c(O)c1. The molecule has 2 rings (SSSR count). The van der Waals surface area contributed by atoms with Crippen LogP contribution in [0.2, 0.25) is 0 Å². The molecule has 8 nitrogen and oxygen atoms in total. The highest BCUT2D eigenvalue weighted by Gasteiger charge is 2.31. The van der Waals surface area contributed by atoms with Crippen LogP contribution in [0.25, 0.3) is 0 Å². The number of hydrogen-bond acceptors (Lipinski definition) is 9. The van der Waals surface area contributed by atoms with E-state index in [2.05, 4.69) is 66.3 Å². The molecule has 0 spiro atoms. The third-order valence-corrected chi connectivity index (χ3v) is 10.9. The van der Waals surface area contributed by atoms with Gasteiger partial charge < -0.3 is 10.4 Å². The molecule has 0 radical (unpaired) electrons. The van der Waals surface area contributed by atoms with Crippen molar-refractivity contribution in [3.8, 4) is 5.75 Å². The summed E-state index contributed by atoms with van der Waals surface area (Å²) in [4.78, 5) is 30.1. The minimum absolute atomic E-state index is 0.0385. The highest BCUT2D eigenvalue weighted by molar-refractivity contribution is 8.77. The van der Waals surface area contributed by atoms with Gasteiger partial charge in [-0.25, -0.2) is 17.6 Å². The van der Waals surface area contributed by atoms with Crippen LogP contribution in [0.4, 0.5) is 28.9 Å². The number of ketones is 1. The molecule has 0 aliphatic rings. The molecule has 0 bridgehead atoms. The molecule has 2 aromatic carbocycles. The number of amides is 1. The number of nitrogens with one attached hydrogen (secondary N) is 1. The number of benzene rings is 2. The van der Waals surface area contributed by atoms with Gasteiger partial charge in [-0.05, 0) is 43.2 Å². The van der Waals surface area contributed by atoms with Gasteiger partial charge in [0.2, 0.25) is 5.69 Å². The molecule has 258 valence electrons. The van der Waals surface area contributed by atoms with Crippen molar-refractivity contribution in [1.82, 2.24) is 5.32 Å². The molecule has 16 heteroatoms. The van der Waals surface area contributed by atoms with Crippen molar-refractivity contribution in [2.75, 3.05) is 29.6 Å². The zero-order chi connectivity index (χ0) is 35.4. The Morgan fingerprint density at radius 2 is 1.36 bits per heavy atom. The van der Waals surface area contributed by atoms with Crippen LogP contribution in [0.1, 0.15) is 74.1 Å². The van der Waals surface area contributed by atoms with Crippen LogP contribution < -0.4 is 5.32 Å². The summed E-state index contributed by atoms with van der Waals surface area (Å²) in [5, 5.41) is 18.7. The van der Waals surface area contributed by atoms with Crippen LogP contribution in [0.15, 0.2) is 28.4 Å². The first-order valence-corrected chi connectivity index (χ1v) is 19.7. The number of halogens is 4. The Hall–Kier alpha value is -2.74. The van der Waals surface area contributed by atoms with Gasteiger partial charge in [0, 0.05) is 51.6 Å². The van der Waals surface area contributed by atoms with Gasteiger partial charge in [-0.2, -0.15) is 0 Å². The van der Waals surface area contributed by atoms with Crippen molar-refractivity contribution in [2.45, 2.75) is 53.4 Å². The predicted octanol–water partition coefficient (Wildman–Crippen LogP) is 9.17. The average Bonchev–Trinajstić information content (AvgIpc) is 3.01. The second kappa shape index (κ2) is 23.6. The number of phenolic OH excluding ortho intramolecular Hbond substituents is 1. The lowest BCUT2D eigenvalue weighted by molar-refractivity contribution is -0.0645. The average molecular weight is 736 g/mol. The van der Waals surface area contributed by atoms with Gasteiger partial charge in [-0.1, -0.05) is 70.9 Å². The van der Waals surface area contributed by atoms with E-state index in [4.69, 9.17) is 0 Å². The highest BCUT2D eigenvalue weighted by atomic mass is 33.1. The molecule has 0 saturated carbocycles. The number of aromatic hydroxyl groups is 1. The number of carbonyl (C=O) groups is 2. The molecular formula is C31H41F4N5O3S4+2. The molecule has 0 fully saturated rings. The smallest absolute Gasteiger partial charge is 0.296 e. The standard InChI is InChI=1S/C16H22N2O2S2.C15H17F4N3OS2/c1-12(2)8-10-22-21-9-4-5-15(19)14-7-6-13(18-17-3)11-16(14)20;1-8(2)4-6-24-25-7-5-21-15(23)9-10(16)12(18)14(22-20-3)13(19)11(9)17/h6-7,11-12H,3-5,8-10H2,1-2H3;8H,3-7H2,1-2H3/p+2. The summed E-state index contributed by atoms with van der Waals surface area (Å²) in [6, 6.07) is 4.67. The summed E-state index contributed by atoms with van der Waals surface area (Å²) >= 11 is 0. The molecule has 2 aromatic rings. The van der Waals surface area contributed by atoms with Crippen LogP contribution in [-0.2, 0) is 0 Å². The molecular weight excluding hydrogens is 695 g/mol. The van der Waals surface area contributed by atoms with Gasteiger partial charge in [0.1, 0.15) is 21.5 Å². The van der Waals surface area contributed by atoms with Crippen LogP contribution in [0.3, 0.4) is 0 Å². The normalized spacial score (nSPS) is 10.6. The van der Waals surface area contributed by atoms with E-state index in [0.29, 0.717) is 29.3 Å². The van der Waals surface area contributed by atoms with Crippen LogP contribution in [0.5, 0.6) is 5.75 Å². The van der Waals surface area contributed by atoms with Gasteiger partial charge in [-0.15, -0.1) is 0 Å². The monoisotopic (exact) mass is 735 g/mol. The molecule has 0 aliphatic heterocycles. The second-order valence-corrected chi connectivity index (χ2v) is 16.0. The van der Waals surface area contributed by atoms with Crippen molar-refractivity contribution in [2.24, 2.45) is 22.1 Å². The Morgan fingerprint density at radius 1 is 0.830 bits per heavy atom. The van der Waals surface area contributed by atoms with Gasteiger partial charge in [0.15, 0.2) is 34.7 Å². The summed E-state index contributed by atoms with van der Waals surface area (Å²) in [5.74, 6) is -3.70. The molecule has 0 atom stereocenters. The van der Waals surface area contributed by atoms with Crippen LogP contribution >= 0.6 is 43.2 Å². The molecule has 0 unspecified atom stereocenters. The van der Waals surface area contributed by atoms with Crippen molar-refractivity contribution >= 4 is 79.7 Å². The van der Waals surface area contributed by atoms with E-state index in [0.717, 1.165) is 36.0 Å². The first-order chi connectivity index (χ1) is 22.3. The number of hydrogen-bond donors (Lipinski definition) is 2. The van der Waals surface area contributed by atoms with Gasteiger partial charge in [0.25, 0.3) is 19.3 Å². The Labute approximate surface area is 289 Å². The largest absolute Gasteiger partial charge is 0.507 e. The number of carbonyl (C=O) groups excluding carboxylic acids is 2. The van der Waals surface area contributed by atoms with Crippen LogP contribution in [-0.4, -0.2) is 69.4 Å². The summed E-state index contributed by atoms with van der Waals surface area (Å²) in [6.07, 6.45) is 3.54. The van der Waals surface area contributed by atoms with Gasteiger partial charge in [0.05, 0.1) is 5.56 Å². The van der Waals surface area contributed by atoms with E-state index in [9.17, 15) is 32.3 Å². The number of phenols is 1.